The summed E-state index contributed by atoms with van der Waals surface area (Å²) in [5.41, 5.74) is 2.95. The van der Waals surface area contributed by atoms with Crippen LogP contribution >= 0.6 is 0 Å². The van der Waals surface area contributed by atoms with Crippen molar-refractivity contribution in [2.75, 3.05) is 20.3 Å². The van der Waals surface area contributed by atoms with E-state index in [-0.39, 0.29) is 4.90 Å². The van der Waals surface area contributed by atoms with Crippen molar-refractivity contribution in [1.82, 2.24) is 10.1 Å². The maximum Gasteiger partial charge on any atom is 0.255 e. The number of rotatable bonds is 9. The van der Waals surface area contributed by atoms with Gasteiger partial charge in [0.15, 0.2) is 11.5 Å². The van der Waals surface area contributed by atoms with Gasteiger partial charge in [0.2, 0.25) is 10.0 Å². The summed E-state index contributed by atoms with van der Waals surface area (Å²) >= 11 is 0. The maximum atomic E-state index is 12.0. The molecule has 144 valence electrons. The van der Waals surface area contributed by atoms with Gasteiger partial charge in [-0.2, -0.15) is 5.10 Å². The van der Waals surface area contributed by atoms with Crippen LogP contribution in [-0.4, -0.2) is 40.8 Å². The summed E-state index contributed by atoms with van der Waals surface area (Å²) in [5, 5.41) is 3.82. The number of ether oxygens (including phenoxy) is 2. The SMILES string of the molecule is CCOc1cc(/C=N\NC(=O)CNS(=O)(=O)c2ccccc2)ccc1OC. The number of nitrogens with zero attached hydrogens (tertiary/aromatic N) is 1. The van der Waals surface area contributed by atoms with E-state index in [0.29, 0.717) is 23.7 Å². The predicted octanol–water partition coefficient (Wildman–Crippen LogP) is 1.52. The van der Waals surface area contributed by atoms with Gasteiger partial charge >= 0.3 is 0 Å². The third-order valence-electron chi connectivity index (χ3n) is 3.37. The van der Waals surface area contributed by atoms with Gasteiger partial charge in [0, 0.05) is 0 Å². The monoisotopic (exact) mass is 391 g/mol. The van der Waals surface area contributed by atoms with E-state index in [0.717, 1.165) is 0 Å². The molecule has 8 nitrogen and oxygen atoms in total. The van der Waals surface area contributed by atoms with Crippen molar-refractivity contribution in [2.24, 2.45) is 5.10 Å². The van der Waals surface area contributed by atoms with Gasteiger partial charge in [-0.3, -0.25) is 4.79 Å². The molecule has 0 bridgehead atoms. The molecule has 0 aliphatic carbocycles. The summed E-state index contributed by atoms with van der Waals surface area (Å²) in [6, 6.07) is 13.0. The van der Waals surface area contributed by atoms with Gasteiger partial charge in [0.05, 0.1) is 31.4 Å². The van der Waals surface area contributed by atoms with E-state index in [4.69, 9.17) is 9.47 Å². The Morgan fingerprint density at radius 3 is 2.56 bits per heavy atom. The van der Waals surface area contributed by atoms with Gasteiger partial charge in [-0.25, -0.2) is 18.6 Å². The zero-order valence-electron chi connectivity index (χ0n) is 15.0. The second-order valence-corrected chi connectivity index (χ2v) is 7.04. The van der Waals surface area contributed by atoms with Crippen LogP contribution in [-0.2, 0) is 14.8 Å². The van der Waals surface area contributed by atoms with Crippen molar-refractivity contribution in [2.45, 2.75) is 11.8 Å². The number of carbonyl (C=O) groups excluding carboxylic acids is 1. The van der Waals surface area contributed by atoms with Crippen molar-refractivity contribution in [1.29, 1.82) is 0 Å². The standard InChI is InChI=1S/C18H21N3O5S/c1-3-26-17-11-14(9-10-16(17)25-2)12-19-21-18(22)13-20-27(23,24)15-7-5-4-6-8-15/h4-12,20H,3,13H2,1-2H3,(H,21,22)/b19-12-. The zero-order valence-corrected chi connectivity index (χ0v) is 15.8. The van der Waals surface area contributed by atoms with E-state index in [2.05, 4.69) is 15.2 Å². The van der Waals surface area contributed by atoms with Crippen LogP contribution in [0.5, 0.6) is 11.5 Å². The quantitative estimate of drug-likeness (QED) is 0.498. The highest BCUT2D eigenvalue weighted by atomic mass is 32.2. The number of amides is 1. The smallest absolute Gasteiger partial charge is 0.255 e. The minimum Gasteiger partial charge on any atom is -0.493 e. The number of nitrogens with one attached hydrogen (secondary N) is 2. The van der Waals surface area contributed by atoms with E-state index >= 15 is 0 Å². The number of carbonyl (C=O) groups is 1. The van der Waals surface area contributed by atoms with Crippen molar-refractivity contribution in [3.63, 3.8) is 0 Å². The molecule has 27 heavy (non-hydrogen) atoms. The summed E-state index contributed by atoms with van der Waals surface area (Å²) in [4.78, 5) is 11.9. The average Bonchev–Trinajstić information content (AvgIpc) is 2.68. The minimum atomic E-state index is -3.75. The molecule has 2 aromatic carbocycles. The number of hydrogen-bond acceptors (Lipinski definition) is 6. The molecule has 0 aromatic heterocycles. The largest absolute Gasteiger partial charge is 0.493 e. The van der Waals surface area contributed by atoms with Gasteiger partial charge in [-0.15, -0.1) is 0 Å². The predicted molar refractivity (Wildman–Crippen MR) is 102 cm³/mol. The van der Waals surface area contributed by atoms with Crippen LogP contribution in [0.2, 0.25) is 0 Å². The number of hydrazone groups is 1. The number of benzene rings is 2. The molecule has 0 unspecified atom stereocenters. The van der Waals surface area contributed by atoms with E-state index < -0.39 is 22.5 Å². The Labute approximate surface area is 158 Å². The molecule has 0 aliphatic heterocycles. The van der Waals surface area contributed by atoms with Crippen LogP contribution in [0.25, 0.3) is 0 Å². The lowest BCUT2D eigenvalue weighted by molar-refractivity contribution is -0.119. The molecule has 2 aromatic rings. The fourth-order valence-electron chi connectivity index (χ4n) is 2.10. The molecule has 0 spiro atoms. The molecule has 0 fully saturated rings. The van der Waals surface area contributed by atoms with E-state index in [1.807, 2.05) is 6.92 Å². The lowest BCUT2D eigenvalue weighted by Gasteiger charge is -2.09. The Bertz CT molecular complexity index is 898. The molecule has 0 saturated carbocycles. The maximum absolute atomic E-state index is 12.0. The fraction of sp³-hybridized carbons (Fsp3) is 0.222. The molecule has 0 atom stereocenters. The Balaban J connectivity index is 1.91. The molecule has 2 N–H and O–H groups in total. The first-order chi connectivity index (χ1) is 13.0. The molecule has 0 aliphatic rings. The Morgan fingerprint density at radius 2 is 1.89 bits per heavy atom. The molecule has 0 heterocycles. The van der Waals surface area contributed by atoms with Crippen molar-refractivity contribution in [3.8, 4) is 11.5 Å². The topological polar surface area (TPSA) is 106 Å². The first kappa shape index (κ1) is 20.4. The Morgan fingerprint density at radius 1 is 1.15 bits per heavy atom. The van der Waals surface area contributed by atoms with E-state index in [1.165, 1.54) is 18.3 Å². The Kier molecular flexibility index (Phi) is 7.33. The van der Waals surface area contributed by atoms with Crippen LogP contribution in [0.15, 0.2) is 58.5 Å². The third kappa shape index (κ3) is 6.08. The van der Waals surface area contributed by atoms with E-state index in [1.54, 1.807) is 43.5 Å². The van der Waals surface area contributed by atoms with E-state index in [9.17, 15) is 13.2 Å². The molecular formula is C18H21N3O5S. The van der Waals surface area contributed by atoms with Crippen LogP contribution in [0.3, 0.4) is 0 Å². The fourth-order valence-corrected chi connectivity index (χ4v) is 3.11. The first-order valence-corrected chi connectivity index (χ1v) is 9.62. The highest BCUT2D eigenvalue weighted by Gasteiger charge is 2.14. The highest BCUT2D eigenvalue weighted by Crippen LogP contribution is 2.27. The Hall–Kier alpha value is -2.91. The molecule has 0 radical (unpaired) electrons. The molecular weight excluding hydrogens is 370 g/mol. The lowest BCUT2D eigenvalue weighted by Crippen LogP contribution is -2.34. The lowest BCUT2D eigenvalue weighted by atomic mass is 10.2. The highest BCUT2D eigenvalue weighted by molar-refractivity contribution is 7.89. The van der Waals surface area contributed by atoms with Crippen LogP contribution in [0, 0.1) is 0 Å². The normalized spacial score (nSPS) is 11.3. The summed E-state index contributed by atoms with van der Waals surface area (Å²) in [5.74, 6) is 0.559. The summed E-state index contributed by atoms with van der Waals surface area (Å²) in [6.07, 6.45) is 1.42. The minimum absolute atomic E-state index is 0.0861. The van der Waals surface area contributed by atoms with Crippen LogP contribution in [0.1, 0.15) is 12.5 Å². The molecule has 9 heteroatoms. The molecule has 2 rings (SSSR count). The zero-order chi connectivity index (χ0) is 19.7. The summed E-state index contributed by atoms with van der Waals surface area (Å²) in [6.45, 7) is 1.91. The third-order valence-corrected chi connectivity index (χ3v) is 4.78. The van der Waals surface area contributed by atoms with Gasteiger partial charge in [-0.05, 0) is 42.8 Å². The molecule has 0 saturated heterocycles. The number of methoxy groups -OCH3 is 1. The van der Waals surface area contributed by atoms with Crippen molar-refractivity contribution < 1.29 is 22.7 Å². The second kappa shape index (κ2) is 9.70. The van der Waals surface area contributed by atoms with Gasteiger partial charge in [0.1, 0.15) is 0 Å². The van der Waals surface area contributed by atoms with Crippen LogP contribution < -0.4 is 19.6 Å². The molecule has 1 amide bonds. The van der Waals surface area contributed by atoms with Crippen molar-refractivity contribution >= 4 is 22.1 Å². The first-order valence-electron chi connectivity index (χ1n) is 8.13. The summed E-state index contributed by atoms with van der Waals surface area (Å²) < 4.78 is 36.9. The number of hydrogen-bond donors (Lipinski definition) is 2. The average molecular weight is 391 g/mol. The number of sulfonamides is 1. The van der Waals surface area contributed by atoms with Gasteiger partial charge in [-0.1, -0.05) is 18.2 Å². The van der Waals surface area contributed by atoms with Gasteiger partial charge < -0.3 is 9.47 Å². The summed E-state index contributed by atoms with van der Waals surface area (Å²) in [7, 11) is -2.20. The van der Waals surface area contributed by atoms with Crippen molar-refractivity contribution in [3.05, 3.63) is 54.1 Å². The second-order valence-electron chi connectivity index (χ2n) is 5.27. The van der Waals surface area contributed by atoms with Gasteiger partial charge in [0.25, 0.3) is 5.91 Å². The van der Waals surface area contributed by atoms with Crippen LogP contribution in [0.4, 0.5) is 0 Å².